The lowest BCUT2D eigenvalue weighted by atomic mass is 9.82. The van der Waals surface area contributed by atoms with Crippen LogP contribution in [0.4, 0.5) is 17.1 Å². The lowest BCUT2D eigenvalue weighted by Crippen LogP contribution is -2.16. The molecule has 9 aromatic rings. The Balaban J connectivity index is 1.32. The standard InChI is InChI=1S/C49H35NO/c1-49(2)40-26-10-8-22-38(40)46-41(49)27-14-29-43(46)50(42-28-11-9-21-37(42)36-24-12-19-32-18-6-7-20-34(32)36)44-30-15-31-45-47(44)39-25-13-23-35(48(39)51-45)33-16-4-3-5-17-33/h3-31H,1-2H3. The predicted molar refractivity (Wildman–Crippen MR) is 214 cm³/mol. The van der Waals surface area contributed by atoms with Crippen molar-refractivity contribution in [2.24, 2.45) is 0 Å². The summed E-state index contributed by atoms with van der Waals surface area (Å²) in [6, 6.07) is 63.5. The summed E-state index contributed by atoms with van der Waals surface area (Å²) < 4.78 is 6.83. The molecule has 0 bridgehead atoms. The van der Waals surface area contributed by atoms with Crippen molar-refractivity contribution in [2.45, 2.75) is 19.3 Å². The molecule has 1 aliphatic rings. The fourth-order valence-corrected chi connectivity index (χ4v) is 8.53. The minimum Gasteiger partial charge on any atom is -0.455 e. The first-order valence-corrected chi connectivity index (χ1v) is 17.7. The molecule has 0 saturated heterocycles. The molecule has 0 radical (unpaired) electrons. The highest BCUT2D eigenvalue weighted by atomic mass is 16.3. The van der Waals surface area contributed by atoms with Crippen molar-refractivity contribution >= 4 is 49.8 Å². The van der Waals surface area contributed by atoms with Crippen LogP contribution in [0.3, 0.4) is 0 Å². The van der Waals surface area contributed by atoms with Gasteiger partial charge < -0.3 is 9.32 Å². The van der Waals surface area contributed by atoms with Gasteiger partial charge in [0.15, 0.2) is 0 Å². The van der Waals surface area contributed by atoms with Gasteiger partial charge in [-0.15, -0.1) is 0 Å². The summed E-state index contributed by atoms with van der Waals surface area (Å²) in [5.74, 6) is 0. The quantitative estimate of drug-likeness (QED) is 0.184. The van der Waals surface area contributed by atoms with Gasteiger partial charge in [0, 0.05) is 27.5 Å². The number of hydrogen-bond acceptors (Lipinski definition) is 2. The number of para-hydroxylation sites is 2. The molecule has 51 heavy (non-hydrogen) atoms. The van der Waals surface area contributed by atoms with E-state index in [1.807, 2.05) is 0 Å². The van der Waals surface area contributed by atoms with E-state index in [1.165, 1.54) is 44.2 Å². The highest BCUT2D eigenvalue weighted by Gasteiger charge is 2.38. The fraction of sp³-hybridized carbons (Fsp3) is 0.0612. The topological polar surface area (TPSA) is 16.4 Å². The first kappa shape index (κ1) is 29.5. The van der Waals surface area contributed by atoms with Crippen LogP contribution in [0.25, 0.3) is 66.1 Å². The molecule has 0 atom stereocenters. The Hall–Kier alpha value is -6.38. The van der Waals surface area contributed by atoms with Gasteiger partial charge in [-0.3, -0.25) is 0 Å². The zero-order valence-electron chi connectivity index (χ0n) is 28.6. The molecule has 1 aliphatic carbocycles. The van der Waals surface area contributed by atoms with Crippen LogP contribution in [0.2, 0.25) is 0 Å². The van der Waals surface area contributed by atoms with E-state index in [0.29, 0.717) is 0 Å². The van der Waals surface area contributed by atoms with Gasteiger partial charge in [0.1, 0.15) is 11.2 Å². The van der Waals surface area contributed by atoms with E-state index in [-0.39, 0.29) is 5.41 Å². The fourth-order valence-electron chi connectivity index (χ4n) is 8.53. The zero-order valence-corrected chi connectivity index (χ0v) is 28.6. The largest absolute Gasteiger partial charge is 0.455 e. The van der Waals surface area contributed by atoms with Crippen molar-refractivity contribution in [1.82, 2.24) is 0 Å². The van der Waals surface area contributed by atoms with Crippen molar-refractivity contribution in [1.29, 1.82) is 0 Å². The molecule has 1 aromatic heterocycles. The SMILES string of the molecule is CC1(C)c2ccccc2-c2c(N(c3ccccc3-c3cccc4ccccc34)c3cccc4oc5c(-c6ccccc6)cccc5c34)cccc21. The number of hydrogen-bond donors (Lipinski definition) is 0. The van der Waals surface area contributed by atoms with Gasteiger partial charge in [-0.05, 0) is 62.9 Å². The third kappa shape index (κ3) is 4.43. The highest BCUT2D eigenvalue weighted by molar-refractivity contribution is 6.17. The molecule has 0 spiro atoms. The number of nitrogens with zero attached hydrogens (tertiary/aromatic N) is 1. The smallest absolute Gasteiger partial charge is 0.143 e. The summed E-state index contributed by atoms with van der Waals surface area (Å²) in [7, 11) is 0. The van der Waals surface area contributed by atoms with Gasteiger partial charge in [-0.25, -0.2) is 0 Å². The summed E-state index contributed by atoms with van der Waals surface area (Å²) in [5.41, 5.74) is 14.9. The molecule has 0 saturated carbocycles. The highest BCUT2D eigenvalue weighted by Crippen LogP contribution is 2.56. The van der Waals surface area contributed by atoms with Gasteiger partial charge >= 0.3 is 0 Å². The van der Waals surface area contributed by atoms with E-state index in [2.05, 4.69) is 195 Å². The van der Waals surface area contributed by atoms with Crippen molar-refractivity contribution in [3.05, 3.63) is 187 Å². The summed E-state index contributed by atoms with van der Waals surface area (Å²) in [6.45, 7) is 4.70. The van der Waals surface area contributed by atoms with Crippen LogP contribution >= 0.6 is 0 Å². The first-order valence-electron chi connectivity index (χ1n) is 17.7. The lowest BCUT2D eigenvalue weighted by Gasteiger charge is -2.31. The molecule has 0 amide bonds. The Morgan fingerprint density at radius 2 is 1.02 bits per heavy atom. The minimum atomic E-state index is -0.137. The number of furan rings is 1. The molecule has 10 rings (SSSR count). The van der Waals surface area contributed by atoms with E-state index in [9.17, 15) is 0 Å². The summed E-state index contributed by atoms with van der Waals surface area (Å²) in [5, 5.41) is 4.66. The molecule has 242 valence electrons. The van der Waals surface area contributed by atoms with E-state index >= 15 is 0 Å². The van der Waals surface area contributed by atoms with Crippen LogP contribution in [0.5, 0.6) is 0 Å². The van der Waals surface area contributed by atoms with Crippen LogP contribution in [0, 0.1) is 0 Å². The molecule has 0 aliphatic heterocycles. The second-order valence-corrected chi connectivity index (χ2v) is 14.1. The molecule has 0 N–H and O–H groups in total. The van der Waals surface area contributed by atoms with E-state index in [0.717, 1.165) is 50.1 Å². The summed E-state index contributed by atoms with van der Waals surface area (Å²) in [6.07, 6.45) is 0. The van der Waals surface area contributed by atoms with E-state index in [1.54, 1.807) is 0 Å². The van der Waals surface area contributed by atoms with Crippen molar-refractivity contribution < 1.29 is 4.42 Å². The van der Waals surface area contributed by atoms with Crippen LogP contribution < -0.4 is 4.90 Å². The Bertz CT molecular complexity index is 2780. The monoisotopic (exact) mass is 653 g/mol. The second kappa shape index (κ2) is 11.3. The van der Waals surface area contributed by atoms with Gasteiger partial charge in [-0.1, -0.05) is 166 Å². The normalized spacial score (nSPS) is 13.1. The third-order valence-corrected chi connectivity index (χ3v) is 10.9. The number of anilines is 3. The first-order chi connectivity index (χ1) is 25.1. The zero-order chi connectivity index (χ0) is 34.1. The summed E-state index contributed by atoms with van der Waals surface area (Å²) in [4.78, 5) is 2.50. The number of fused-ring (bicyclic) bond motifs is 7. The molecule has 8 aromatic carbocycles. The Morgan fingerprint density at radius 1 is 0.431 bits per heavy atom. The molecular formula is C49H35NO. The van der Waals surface area contributed by atoms with E-state index < -0.39 is 0 Å². The Labute approximate surface area is 297 Å². The van der Waals surface area contributed by atoms with E-state index in [4.69, 9.17) is 4.42 Å². The van der Waals surface area contributed by atoms with Gasteiger partial charge in [0.25, 0.3) is 0 Å². The van der Waals surface area contributed by atoms with Crippen molar-refractivity contribution in [3.63, 3.8) is 0 Å². The molecule has 2 nitrogen and oxygen atoms in total. The maximum Gasteiger partial charge on any atom is 0.143 e. The van der Waals surface area contributed by atoms with Crippen molar-refractivity contribution in [2.75, 3.05) is 4.90 Å². The third-order valence-electron chi connectivity index (χ3n) is 10.9. The van der Waals surface area contributed by atoms with Crippen LogP contribution in [0.15, 0.2) is 180 Å². The van der Waals surface area contributed by atoms with Crippen LogP contribution in [-0.4, -0.2) is 0 Å². The lowest BCUT2D eigenvalue weighted by molar-refractivity contribution is 0.660. The Kier molecular flexibility index (Phi) is 6.56. The number of benzene rings is 8. The maximum atomic E-state index is 6.83. The molecule has 0 unspecified atom stereocenters. The maximum absolute atomic E-state index is 6.83. The van der Waals surface area contributed by atoms with Crippen molar-refractivity contribution in [3.8, 4) is 33.4 Å². The van der Waals surface area contributed by atoms with Crippen LogP contribution in [-0.2, 0) is 5.41 Å². The van der Waals surface area contributed by atoms with Crippen LogP contribution in [0.1, 0.15) is 25.0 Å². The van der Waals surface area contributed by atoms with Gasteiger partial charge in [0.2, 0.25) is 0 Å². The predicted octanol–water partition coefficient (Wildman–Crippen LogP) is 13.8. The molecule has 0 fully saturated rings. The van der Waals surface area contributed by atoms with Gasteiger partial charge in [0.05, 0.1) is 22.4 Å². The summed E-state index contributed by atoms with van der Waals surface area (Å²) >= 11 is 0. The number of rotatable bonds is 5. The average molecular weight is 654 g/mol. The molecule has 2 heteroatoms. The second-order valence-electron chi connectivity index (χ2n) is 14.1. The molecule has 1 heterocycles. The Morgan fingerprint density at radius 3 is 1.92 bits per heavy atom. The molecular weight excluding hydrogens is 619 g/mol. The van der Waals surface area contributed by atoms with Gasteiger partial charge in [-0.2, -0.15) is 0 Å². The minimum absolute atomic E-state index is 0.137. The average Bonchev–Trinajstić information content (AvgIpc) is 3.68.